The number of hydrogen-bond donors (Lipinski definition) is 0. The van der Waals surface area contributed by atoms with Gasteiger partial charge in [-0.25, -0.2) is 4.39 Å². The first kappa shape index (κ1) is 17.2. The average Bonchev–Trinajstić information content (AvgIpc) is 2.88. The highest BCUT2D eigenvalue weighted by Crippen LogP contribution is 2.17. The molecule has 5 heteroatoms. The molecule has 1 fully saturated rings. The number of anilines is 1. The highest BCUT2D eigenvalue weighted by atomic mass is 19.1. The summed E-state index contributed by atoms with van der Waals surface area (Å²) >= 11 is 0. The molecule has 0 radical (unpaired) electrons. The van der Waals surface area contributed by atoms with Crippen molar-refractivity contribution in [2.45, 2.75) is 6.42 Å². The van der Waals surface area contributed by atoms with Gasteiger partial charge in [-0.1, -0.05) is 6.07 Å². The molecular formula is C20H22FN3O. The Morgan fingerprint density at radius 1 is 1.04 bits per heavy atom. The molecule has 1 saturated heterocycles. The standard InChI is InChI=1S/C20H22FN3O/c21-18-5-7-19(8-6-18)24-10-2-9-23(11-12-24)13-14-25-20-4-1-3-17(15-20)16-22/h1,3-8,15H,2,9-14H2. The molecule has 0 amide bonds. The van der Waals surface area contributed by atoms with Crippen molar-refractivity contribution in [2.75, 3.05) is 44.2 Å². The van der Waals surface area contributed by atoms with Crippen LogP contribution in [0.15, 0.2) is 48.5 Å². The Hall–Kier alpha value is -2.58. The summed E-state index contributed by atoms with van der Waals surface area (Å²) in [6.45, 7) is 5.35. The third-order valence-corrected chi connectivity index (χ3v) is 4.42. The maximum atomic E-state index is 13.1. The van der Waals surface area contributed by atoms with Gasteiger partial charge in [0.05, 0.1) is 11.6 Å². The third kappa shape index (κ3) is 4.94. The second-order valence-electron chi connectivity index (χ2n) is 6.15. The highest BCUT2D eigenvalue weighted by molar-refractivity contribution is 5.46. The molecule has 2 aromatic rings. The second kappa shape index (κ2) is 8.50. The van der Waals surface area contributed by atoms with Crippen LogP contribution in [0.5, 0.6) is 5.75 Å². The molecule has 0 bridgehead atoms. The molecule has 0 aromatic heterocycles. The predicted molar refractivity (Wildman–Crippen MR) is 96.3 cm³/mol. The summed E-state index contributed by atoms with van der Waals surface area (Å²) in [6.07, 6.45) is 1.07. The first-order valence-corrected chi connectivity index (χ1v) is 8.60. The van der Waals surface area contributed by atoms with Crippen molar-refractivity contribution in [3.63, 3.8) is 0 Å². The summed E-state index contributed by atoms with van der Waals surface area (Å²) in [5.41, 5.74) is 1.69. The van der Waals surface area contributed by atoms with E-state index in [1.54, 1.807) is 12.1 Å². The van der Waals surface area contributed by atoms with Gasteiger partial charge in [-0.05, 0) is 48.9 Å². The number of halogens is 1. The van der Waals surface area contributed by atoms with Crippen LogP contribution < -0.4 is 9.64 Å². The number of nitrogens with zero attached hydrogens (tertiary/aromatic N) is 3. The Balaban J connectivity index is 1.46. The van der Waals surface area contributed by atoms with E-state index in [0.717, 1.165) is 50.6 Å². The molecule has 1 aliphatic heterocycles. The van der Waals surface area contributed by atoms with E-state index in [2.05, 4.69) is 15.9 Å². The van der Waals surface area contributed by atoms with Gasteiger partial charge < -0.3 is 9.64 Å². The van der Waals surface area contributed by atoms with Crippen molar-refractivity contribution >= 4 is 5.69 Å². The van der Waals surface area contributed by atoms with Crippen LogP contribution in [0.3, 0.4) is 0 Å². The van der Waals surface area contributed by atoms with Gasteiger partial charge in [-0.3, -0.25) is 4.90 Å². The fourth-order valence-corrected chi connectivity index (χ4v) is 3.05. The summed E-state index contributed by atoms with van der Waals surface area (Å²) in [5.74, 6) is 0.541. The molecule has 25 heavy (non-hydrogen) atoms. The van der Waals surface area contributed by atoms with Gasteiger partial charge in [-0.2, -0.15) is 5.26 Å². The lowest BCUT2D eigenvalue weighted by atomic mass is 10.2. The zero-order chi connectivity index (χ0) is 17.5. The molecule has 130 valence electrons. The first-order chi connectivity index (χ1) is 12.2. The Morgan fingerprint density at radius 3 is 2.68 bits per heavy atom. The molecule has 1 heterocycles. The van der Waals surface area contributed by atoms with Crippen LogP contribution in [0.25, 0.3) is 0 Å². The third-order valence-electron chi connectivity index (χ3n) is 4.42. The van der Waals surface area contributed by atoms with E-state index in [-0.39, 0.29) is 5.82 Å². The van der Waals surface area contributed by atoms with Gasteiger partial charge >= 0.3 is 0 Å². The minimum atomic E-state index is -0.196. The molecule has 0 spiro atoms. The summed E-state index contributed by atoms with van der Waals surface area (Å²) < 4.78 is 18.8. The lowest BCUT2D eigenvalue weighted by molar-refractivity contribution is 0.218. The maximum Gasteiger partial charge on any atom is 0.123 e. The van der Waals surface area contributed by atoms with E-state index in [0.29, 0.717) is 12.2 Å². The van der Waals surface area contributed by atoms with Crippen molar-refractivity contribution in [2.24, 2.45) is 0 Å². The molecule has 4 nitrogen and oxygen atoms in total. The summed E-state index contributed by atoms with van der Waals surface area (Å²) in [4.78, 5) is 4.69. The minimum Gasteiger partial charge on any atom is -0.492 e. The molecule has 0 atom stereocenters. The predicted octanol–water partition coefficient (Wildman–Crippen LogP) is 3.29. The Kier molecular flexibility index (Phi) is 5.86. The van der Waals surface area contributed by atoms with E-state index in [1.807, 2.05) is 24.3 Å². The smallest absolute Gasteiger partial charge is 0.123 e. The van der Waals surface area contributed by atoms with Crippen molar-refractivity contribution < 1.29 is 9.13 Å². The van der Waals surface area contributed by atoms with E-state index < -0.39 is 0 Å². The van der Waals surface area contributed by atoms with E-state index >= 15 is 0 Å². The lowest BCUT2D eigenvalue weighted by Crippen LogP contribution is -2.33. The first-order valence-electron chi connectivity index (χ1n) is 8.60. The van der Waals surface area contributed by atoms with Crippen molar-refractivity contribution in [3.05, 3.63) is 59.9 Å². The highest BCUT2D eigenvalue weighted by Gasteiger charge is 2.15. The molecule has 0 saturated carbocycles. The SMILES string of the molecule is N#Cc1cccc(OCCN2CCCN(c3ccc(F)cc3)CC2)c1. The summed E-state index contributed by atoms with van der Waals surface area (Å²) in [5, 5.41) is 8.92. The Morgan fingerprint density at radius 2 is 1.88 bits per heavy atom. The van der Waals surface area contributed by atoms with E-state index in [9.17, 15) is 4.39 Å². The quantitative estimate of drug-likeness (QED) is 0.838. The molecule has 1 aliphatic rings. The number of rotatable bonds is 5. The molecule has 0 aliphatic carbocycles. The normalized spacial score (nSPS) is 15.4. The fourth-order valence-electron chi connectivity index (χ4n) is 3.05. The Labute approximate surface area is 148 Å². The van der Waals surface area contributed by atoms with Gasteiger partial charge in [0.25, 0.3) is 0 Å². The van der Waals surface area contributed by atoms with Crippen LogP contribution in [-0.2, 0) is 0 Å². The molecule has 2 aromatic carbocycles. The molecule has 0 N–H and O–H groups in total. The fraction of sp³-hybridized carbons (Fsp3) is 0.350. The van der Waals surface area contributed by atoms with Gasteiger partial charge in [0.15, 0.2) is 0 Å². The second-order valence-corrected chi connectivity index (χ2v) is 6.15. The topological polar surface area (TPSA) is 39.5 Å². The number of ether oxygens (including phenoxy) is 1. The Bertz CT molecular complexity index is 726. The zero-order valence-electron chi connectivity index (χ0n) is 14.2. The van der Waals surface area contributed by atoms with Crippen LogP contribution in [0.4, 0.5) is 10.1 Å². The van der Waals surface area contributed by atoms with Crippen molar-refractivity contribution in [1.82, 2.24) is 4.90 Å². The molecule has 3 rings (SSSR count). The van der Waals surface area contributed by atoms with Crippen LogP contribution in [0.2, 0.25) is 0 Å². The van der Waals surface area contributed by atoms with E-state index in [1.165, 1.54) is 12.1 Å². The van der Waals surface area contributed by atoms with Gasteiger partial charge in [0, 0.05) is 38.4 Å². The van der Waals surface area contributed by atoms with Crippen molar-refractivity contribution in [3.8, 4) is 11.8 Å². The number of nitriles is 1. The number of hydrogen-bond acceptors (Lipinski definition) is 4. The minimum absolute atomic E-state index is 0.196. The van der Waals surface area contributed by atoms with Gasteiger partial charge in [-0.15, -0.1) is 0 Å². The molecule has 0 unspecified atom stereocenters. The van der Waals surface area contributed by atoms with E-state index in [4.69, 9.17) is 10.00 Å². The molecular weight excluding hydrogens is 317 g/mol. The average molecular weight is 339 g/mol. The van der Waals surface area contributed by atoms with Crippen LogP contribution in [0.1, 0.15) is 12.0 Å². The largest absolute Gasteiger partial charge is 0.492 e. The lowest BCUT2D eigenvalue weighted by Gasteiger charge is -2.23. The summed E-state index contributed by atoms with van der Waals surface area (Å²) in [6, 6.07) is 16.1. The monoisotopic (exact) mass is 339 g/mol. The van der Waals surface area contributed by atoms with Crippen molar-refractivity contribution in [1.29, 1.82) is 5.26 Å². The van der Waals surface area contributed by atoms with Crippen LogP contribution >= 0.6 is 0 Å². The number of benzene rings is 2. The zero-order valence-corrected chi connectivity index (χ0v) is 14.2. The van der Waals surface area contributed by atoms with Gasteiger partial charge in [0.2, 0.25) is 0 Å². The maximum absolute atomic E-state index is 13.1. The van der Waals surface area contributed by atoms with Gasteiger partial charge in [0.1, 0.15) is 18.2 Å². The van der Waals surface area contributed by atoms with Crippen LogP contribution in [-0.4, -0.2) is 44.2 Å². The van der Waals surface area contributed by atoms with Crippen LogP contribution in [0, 0.1) is 17.1 Å². The summed E-state index contributed by atoms with van der Waals surface area (Å²) in [7, 11) is 0.